The number of hydrogen-bond acceptors (Lipinski definition) is 5. The van der Waals surface area contributed by atoms with E-state index in [1.54, 1.807) is 32.4 Å². The van der Waals surface area contributed by atoms with Crippen molar-refractivity contribution in [3.8, 4) is 11.5 Å². The van der Waals surface area contributed by atoms with Crippen molar-refractivity contribution < 1.29 is 19.1 Å². The SMILES string of the molecule is COc1ccc(CN2C[C@H]3NC(=O)c4ccccc4C(=O)[C@@]3(C)C2)c(OC)c1. The summed E-state index contributed by atoms with van der Waals surface area (Å²) in [4.78, 5) is 28.2. The highest BCUT2D eigenvalue weighted by molar-refractivity contribution is 6.12. The molecule has 0 radical (unpaired) electrons. The fourth-order valence-electron chi connectivity index (χ4n) is 4.30. The molecule has 0 saturated carbocycles. The number of nitrogens with zero attached hydrogens (tertiary/aromatic N) is 1. The molecule has 4 rings (SSSR count). The van der Waals surface area contributed by atoms with E-state index in [1.807, 2.05) is 31.2 Å². The summed E-state index contributed by atoms with van der Waals surface area (Å²) in [5, 5.41) is 3.08. The minimum absolute atomic E-state index is 0.0237. The zero-order valence-corrected chi connectivity index (χ0v) is 16.3. The van der Waals surface area contributed by atoms with Crippen LogP contribution < -0.4 is 14.8 Å². The van der Waals surface area contributed by atoms with Crippen LogP contribution in [0, 0.1) is 5.41 Å². The molecule has 0 spiro atoms. The van der Waals surface area contributed by atoms with Crippen molar-refractivity contribution in [2.75, 3.05) is 27.3 Å². The lowest BCUT2D eigenvalue weighted by molar-refractivity contribution is 0.0789. The molecule has 0 aliphatic carbocycles. The second-order valence-electron chi connectivity index (χ2n) is 7.67. The molecule has 1 N–H and O–H groups in total. The van der Waals surface area contributed by atoms with Gasteiger partial charge in [-0.05, 0) is 19.1 Å². The number of amides is 1. The number of fused-ring (bicyclic) bond motifs is 2. The number of nitrogens with one attached hydrogen (secondary N) is 1. The number of benzene rings is 2. The van der Waals surface area contributed by atoms with Crippen LogP contribution >= 0.6 is 0 Å². The molecule has 2 aromatic carbocycles. The third-order valence-corrected chi connectivity index (χ3v) is 5.89. The van der Waals surface area contributed by atoms with Gasteiger partial charge in [0.15, 0.2) is 5.78 Å². The van der Waals surface area contributed by atoms with Crippen LogP contribution in [0.2, 0.25) is 0 Å². The van der Waals surface area contributed by atoms with Gasteiger partial charge in [0.1, 0.15) is 11.5 Å². The molecule has 0 bridgehead atoms. The fraction of sp³-hybridized carbons (Fsp3) is 0.364. The Balaban J connectivity index is 1.61. The Morgan fingerprint density at radius 2 is 1.86 bits per heavy atom. The average molecular weight is 380 g/mol. The number of hydrogen-bond donors (Lipinski definition) is 1. The Kier molecular flexibility index (Phi) is 4.59. The van der Waals surface area contributed by atoms with Crippen LogP contribution in [0.25, 0.3) is 0 Å². The van der Waals surface area contributed by atoms with Crippen LogP contribution in [0.15, 0.2) is 42.5 Å². The van der Waals surface area contributed by atoms with E-state index in [1.165, 1.54) is 0 Å². The smallest absolute Gasteiger partial charge is 0.252 e. The Hall–Kier alpha value is -2.86. The largest absolute Gasteiger partial charge is 0.497 e. The monoisotopic (exact) mass is 380 g/mol. The Bertz CT molecular complexity index is 942. The maximum Gasteiger partial charge on any atom is 0.252 e. The molecule has 2 atom stereocenters. The lowest BCUT2D eigenvalue weighted by Crippen LogP contribution is -2.47. The quantitative estimate of drug-likeness (QED) is 0.883. The summed E-state index contributed by atoms with van der Waals surface area (Å²) in [6.45, 7) is 3.76. The molecule has 2 aliphatic rings. The molecule has 28 heavy (non-hydrogen) atoms. The molecule has 0 aromatic heterocycles. The lowest BCUT2D eigenvalue weighted by Gasteiger charge is -2.27. The molecule has 0 unspecified atom stereocenters. The number of Topliss-reactive ketones (excluding diaryl/α,β-unsaturated/α-hetero) is 1. The standard InChI is InChI=1S/C22H24N2O4/c1-22-13-24(11-14-8-9-15(27-2)10-18(14)28-3)12-19(22)23-21(26)17-7-5-4-6-16(17)20(22)25/h4-10,19H,11-13H2,1-3H3,(H,23,26)/t19-,22+/m1/s1. The predicted molar refractivity (Wildman–Crippen MR) is 105 cm³/mol. The molecule has 6 nitrogen and oxygen atoms in total. The summed E-state index contributed by atoms with van der Waals surface area (Å²) >= 11 is 0. The highest BCUT2D eigenvalue weighted by Crippen LogP contribution is 2.38. The first kappa shape index (κ1) is 18.5. The summed E-state index contributed by atoms with van der Waals surface area (Å²) in [6.07, 6.45) is 0. The van der Waals surface area contributed by atoms with Gasteiger partial charge in [-0.1, -0.05) is 24.3 Å². The van der Waals surface area contributed by atoms with Gasteiger partial charge in [0.25, 0.3) is 5.91 Å². The van der Waals surface area contributed by atoms with E-state index in [0.717, 1.165) is 17.1 Å². The van der Waals surface area contributed by atoms with E-state index in [9.17, 15) is 9.59 Å². The lowest BCUT2D eigenvalue weighted by atomic mass is 9.78. The zero-order chi connectivity index (χ0) is 19.9. The van der Waals surface area contributed by atoms with Gasteiger partial charge in [-0.15, -0.1) is 0 Å². The van der Waals surface area contributed by atoms with E-state index in [-0.39, 0.29) is 17.7 Å². The van der Waals surface area contributed by atoms with Gasteiger partial charge in [-0.25, -0.2) is 0 Å². The maximum atomic E-state index is 13.3. The number of likely N-dealkylation sites (tertiary alicyclic amines) is 1. The van der Waals surface area contributed by atoms with Crippen LogP contribution in [0.1, 0.15) is 33.2 Å². The molecule has 1 amide bonds. The van der Waals surface area contributed by atoms with Gasteiger partial charge in [0.2, 0.25) is 0 Å². The average Bonchev–Trinajstić information content (AvgIpc) is 3.00. The molecular weight excluding hydrogens is 356 g/mol. The van der Waals surface area contributed by atoms with E-state index >= 15 is 0 Å². The van der Waals surface area contributed by atoms with E-state index < -0.39 is 5.41 Å². The minimum atomic E-state index is -0.665. The van der Waals surface area contributed by atoms with Gasteiger partial charge < -0.3 is 14.8 Å². The first-order chi connectivity index (χ1) is 13.5. The number of rotatable bonds is 4. The zero-order valence-electron chi connectivity index (χ0n) is 16.3. The molecule has 2 aromatic rings. The summed E-state index contributed by atoms with van der Waals surface area (Å²) in [7, 11) is 3.25. The third kappa shape index (κ3) is 2.94. The number of ketones is 1. The molecule has 1 saturated heterocycles. The summed E-state index contributed by atoms with van der Waals surface area (Å²) in [5.74, 6) is 1.33. The van der Waals surface area contributed by atoms with Gasteiger partial charge in [-0.2, -0.15) is 0 Å². The highest BCUT2D eigenvalue weighted by Gasteiger charge is 2.51. The normalized spacial score (nSPS) is 24.2. The second kappa shape index (κ2) is 6.95. The van der Waals surface area contributed by atoms with Crippen LogP contribution in [0.4, 0.5) is 0 Å². The van der Waals surface area contributed by atoms with Crippen LogP contribution in [0.5, 0.6) is 11.5 Å². The maximum absolute atomic E-state index is 13.3. The molecular formula is C22H24N2O4. The first-order valence-corrected chi connectivity index (χ1v) is 9.34. The van der Waals surface area contributed by atoms with Crippen molar-refractivity contribution in [3.63, 3.8) is 0 Å². The highest BCUT2D eigenvalue weighted by atomic mass is 16.5. The minimum Gasteiger partial charge on any atom is -0.497 e. The first-order valence-electron chi connectivity index (χ1n) is 9.34. The van der Waals surface area contributed by atoms with Gasteiger partial charge >= 0.3 is 0 Å². The van der Waals surface area contributed by atoms with Crippen LogP contribution in [-0.2, 0) is 6.54 Å². The van der Waals surface area contributed by atoms with Crippen molar-refractivity contribution >= 4 is 11.7 Å². The molecule has 6 heteroatoms. The Morgan fingerprint density at radius 3 is 2.57 bits per heavy atom. The summed E-state index contributed by atoms with van der Waals surface area (Å²) in [6, 6.07) is 12.6. The van der Waals surface area contributed by atoms with Crippen molar-refractivity contribution in [1.82, 2.24) is 10.2 Å². The fourth-order valence-corrected chi connectivity index (χ4v) is 4.30. The van der Waals surface area contributed by atoms with Crippen molar-refractivity contribution in [2.24, 2.45) is 5.41 Å². The summed E-state index contributed by atoms with van der Waals surface area (Å²) in [5.41, 5.74) is 1.32. The van der Waals surface area contributed by atoms with Gasteiger partial charge in [0.05, 0.1) is 31.2 Å². The molecule has 1 fully saturated rings. The Morgan fingerprint density at radius 1 is 1.11 bits per heavy atom. The predicted octanol–water partition coefficient (Wildman–Crippen LogP) is 2.52. The van der Waals surface area contributed by atoms with Gasteiger partial charge in [-0.3, -0.25) is 14.5 Å². The van der Waals surface area contributed by atoms with Crippen LogP contribution in [-0.4, -0.2) is 49.9 Å². The van der Waals surface area contributed by atoms with Crippen molar-refractivity contribution in [1.29, 1.82) is 0 Å². The molecule has 2 heterocycles. The van der Waals surface area contributed by atoms with E-state index in [0.29, 0.717) is 30.8 Å². The number of carbonyl (C=O) groups excluding carboxylic acids is 2. The summed E-state index contributed by atoms with van der Waals surface area (Å²) < 4.78 is 10.8. The second-order valence-corrected chi connectivity index (χ2v) is 7.67. The Labute approximate surface area is 164 Å². The third-order valence-electron chi connectivity index (χ3n) is 5.89. The number of methoxy groups -OCH3 is 2. The van der Waals surface area contributed by atoms with E-state index in [2.05, 4.69) is 10.2 Å². The van der Waals surface area contributed by atoms with Gasteiger partial charge in [0, 0.05) is 36.8 Å². The van der Waals surface area contributed by atoms with Crippen molar-refractivity contribution in [2.45, 2.75) is 19.5 Å². The van der Waals surface area contributed by atoms with Crippen LogP contribution in [0.3, 0.4) is 0 Å². The number of carbonyl (C=O) groups is 2. The number of ether oxygens (including phenoxy) is 2. The molecule has 2 aliphatic heterocycles. The topological polar surface area (TPSA) is 67.9 Å². The van der Waals surface area contributed by atoms with Crippen molar-refractivity contribution in [3.05, 3.63) is 59.2 Å². The molecule has 146 valence electrons. The van der Waals surface area contributed by atoms with E-state index in [4.69, 9.17) is 9.47 Å².